The molecule has 0 saturated carbocycles. The van der Waals surface area contributed by atoms with Gasteiger partial charge in [0.25, 0.3) is 0 Å². The predicted octanol–water partition coefficient (Wildman–Crippen LogP) is 1.54. The molecule has 0 amide bonds. The third kappa shape index (κ3) is 2.02. The molecule has 1 atom stereocenters. The molecule has 78 valence electrons. The van der Waals surface area contributed by atoms with Gasteiger partial charge in [-0.05, 0) is 18.6 Å². The van der Waals surface area contributed by atoms with Crippen molar-refractivity contribution in [1.82, 2.24) is 15.1 Å². The monoisotopic (exact) mass is 204 g/mol. The summed E-state index contributed by atoms with van der Waals surface area (Å²) in [6, 6.07) is 3.51. The molecule has 0 fully saturated rings. The Kier molecular flexibility index (Phi) is 2.73. The largest absolute Gasteiger partial charge is 0.337 e. The van der Waals surface area contributed by atoms with Gasteiger partial charge in [0.15, 0.2) is 0 Å². The Labute approximate surface area is 87.3 Å². The van der Waals surface area contributed by atoms with Gasteiger partial charge >= 0.3 is 0 Å². The molecule has 5 nitrogen and oxygen atoms in total. The summed E-state index contributed by atoms with van der Waals surface area (Å²) in [7, 11) is 0. The lowest BCUT2D eigenvalue weighted by Crippen LogP contribution is -2.08. The van der Waals surface area contributed by atoms with Crippen LogP contribution in [0.15, 0.2) is 29.0 Å². The van der Waals surface area contributed by atoms with Crippen LogP contribution in [0.4, 0.5) is 0 Å². The molecule has 0 aliphatic carbocycles. The van der Waals surface area contributed by atoms with Gasteiger partial charge in [-0.1, -0.05) is 12.1 Å². The Bertz CT molecular complexity index is 426. The highest BCUT2D eigenvalue weighted by Crippen LogP contribution is 2.17. The fourth-order valence-corrected chi connectivity index (χ4v) is 1.17. The van der Waals surface area contributed by atoms with Crippen molar-refractivity contribution in [2.24, 2.45) is 5.73 Å². The van der Waals surface area contributed by atoms with Gasteiger partial charge < -0.3 is 10.3 Å². The topological polar surface area (TPSA) is 77.8 Å². The molecule has 0 spiro atoms. The van der Waals surface area contributed by atoms with Crippen molar-refractivity contribution < 1.29 is 4.52 Å². The average Bonchev–Trinajstić information content (AvgIpc) is 2.78. The first-order valence-corrected chi connectivity index (χ1v) is 4.81. The quantitative estimate of drug-likeness (QED) is 0.820. The Balaban J connectivity index is 2.28. The number of aromatic nitrogens is 3. The van der Waals surface area contributed by atoms with E-state index in [1.165, 1.54) is 0 Å². The van der Waals surface area contributed by atoms with Crippen LogP contribution >= 0.6 is 0 Å². The first kappa shape index (κ1) is 9.79. The molecule has 15 heavy (non-hydrogen) atoms. The van der Waals surface area contributed by atoms with Crippen molar-refractivity contribution in [3.8, 4) is 11.4 Å². The molecule has 2 aromatic rings. The Hall–Kier alpha value is -1.75. The minimum absolute atomic E-state index is 0.192. The molecule has 2 N–H and O–H groups in total. The predicted molar refractivity (Wildman–Crippen MR) is 54.7 cm³/mol. The van der Waals surface area contributed by atoms with E-state index in [4.69, 9.17) is 10.3 Å². The fraction of sp³-hybridized carbons (Fsp3) is 0.300. The lowest BCUT2D eigenvalue weighted by Gasteiger charge is -1.98. The van der Waals surface area contributed by atoms with Crippen molar-refractivity contribution in [3.05, 3.63) is 30.4 Å². The second kappa shape index (κ2) is 4.18. The van der Waals surface area contributed by atoms with Crippen molar-refractivity contribution in [1.29, 1.82) is 0 Å². The maximum absolute atomic E-state index is 5.77. The first-order chi connectivity index (χ1) is 7.31. The molecule has 2 rings (SSSR count). The summed E-state index contributed by atoms with van der Waals surface area (Å²) in [5.41, 5.74) is 6.60. The lowest BCUT2D eigenvalue weighted by atomic mass is 10.2. The molecule has 0 aliphatic heterocycles. The van der Waals surface area contributed by atoms with Gasteiger partial charge in [-0.3, -0.25) is 4.98 Å². The third-order valence-corrected chi connectivity index (χ3v) is 2.12. The summed E-state index contributed by atoms with van der Waals surface area (Å²) in [6.45, 7) is 1.97. The first-order valence-electron chi connectivity index (χ1n) is 4.81. The molecule has 1 unspecified atom stereocenters. The van der Waals surface area contributed by atoms with Gasteiger partial charge in [0.05, 0.1) is 6.04 Å². The van der Waals surface area contributed by atoms with Gasteiger partial charge in [0, 0.05) is 18.0 Å². The molecule has 0 aliphatic rings. The van der Waals surface area contributed by atoms with Crippen molar-refractivity contribution in [2.45, 2.75) is 19.4 Å². The van der Waals surface area contributed by atoms with Crippen LogP contribution in [0, 0.1) is 0 Å². The number of pyridine rings is 1. The van der Waals surface area contributed by atoms with E-state index in [-0.39, 0.29) is 6.04 Å². The molecule has 0 saturated heterocycles. The highest BCUT2D eigenvalue weighted by atomic mass is 16.5. The standard InChI is InChI=1S/C10H12N4O/c1-2-8(11)10-13-9(14-15-10)7-4-3-5-12-6-7/h3-6,8H,2,11H2,1H3. The highest BCUT2D eigenvalue weighted by molar-refractivity contribution is 5.51. The molecular weight excluding hydrogens is 192 g/mol. The lowest BCUT2D eigenvalue weighted by molar-refractivity contribution is 0.352. The Morgan fingerprint density at radius 1 is 1.53 bits per heavy atom. The molecule has 0 bridgehead atoms. The summed E-state index contributed by atoms with van der Waals surface area (Å²) in [6.07, 6.45) is 4.16. The third-order valence-electron chi connectivity index (χ3n) is 2.12. The number of nitrogens with two attached hydrogens (primary N) is 1. The van der Waals surface area contributed by atoms with E-state index in [1.54, 1.807) is 12.4 Å². The van der Waals surface area contributed by atoms with E-state index in [0.717, 1.165) is 12.0 Å². The van der Waals surface area contributed by atoms with Crippen LogP contribution in [0.2, 0.25) is 0 Å². The van der Waals surface area contributed by atoms with E-state index in [9.17, 15) is 0 Å². The maximum atomic E-state index is 5.77. The smallest absolute Gasteiger partial charge is 0.243 e. The summed E-state index contributed by atoms with van der Waals surface area (Å²) < 4.78 is 5.06. The van der Waals surface area contributed by atoms with Crippen molar-refractivity contribution in [2.75, 3.05) is 0 Å². The molecule has 2 aromatic heterocycles. The minimum atomic E-state index is -0.192. The average molecular weight is 204 g/mol. The zero-order valence-corrected chi connectivity index (χ0v) is 8.42. The van der Waals surface area contributed by atoms with Gasteiger partial charge in [-0.15, -0.1) is 0 Å². The van der Waals surface area contributed by atoms with Gasteiger partial charge in [0.2, 0.25) is 11.7 Å². The second-order valence-corrected chi connectivity index (χ2v) is 3.21. The summed E-state index contributed by atoms with van der Waals surface area (Å²) in [5, 5.41) is 3.85. The second-order valence-electron chi connectivity index (χ2n) is 3.21. The van der Waals surface area contributed by atoms with E-state index in [2.05, 4.69) is 15.1 Å². The van der Waals surface area contributed by atoms with Gasteiger partial charge in [-0.25, -0.2) is 0 Å². The molecule has 0 aromatic carbocycles. The van der Waals surface area contributed by atoms with Crippen LogP contribution in [-0.4, -0.2) is 15.1 Å². The van der Waals surface area contributed by atoms with Crippen LogP contribution in [0.5, 0.6) is 0 Å². The highest BCUT2D eigenvalue weighted by Gasteiger charge is 2.13. The zero-order chi connectivity index (χ0) is 10.7. The van der Waals surface area contributed by atoms with Crippen molar-refractivity contribution in [3.63, 3.8) is 0 Å². The van der Waals surface area contributed by atoms with Crippen LogP contribution in [0.1, 0.15) is 25.3 Å². The summed E-state index contributed by atoms with van der Waals surface area (Å²) >= 11 is 0. The zero-order valence-electron chi connectivity index (χ0n) is 8.42. The number of nitrogens with zero attached hydrogens (tertiary/aromatic N) is 3. The van der Waals surface area contributed by atoms with Crippen LogP contribution in [0.25, 0.3) is 11.4 Å². The van der Waals surface area contributed by atoms with Crippen LogP contribution in [0.3, 0.4) is 0 Å². The number of rotatable bonds is 3. The molecule has 0 radical (unpaired) electrons. The summed E-state index contributed by atoms with van der Waals surface area (Å²) in [4.78, 5) is 8.19. The normalized spacial score (nSPS) is 12.7. The number of hydrogen-bond donors (Lipinski definition) is 1. The van der Waals surface area contributed by atoms with E-state index < -0.39 is 0 Å². The van der Waals surface area contributed by atoms with E-state index >= 15 is 0 Å². The van der Waals surface area contributed by atoms with E-state index in [1.807, 2.05) is 19.1 Å². The Morgan fingerprint density at radius 3 is 3.07 bits per heavy atom. The van der Waals surface area contributed by atoms with Crippen molar-refractivity contribution >= 4 is 0 Å². The van der Waals surface area contributed by atoms with Crippen LogP contribution < -0.4 is 5.73 Å². The Morgan fingerprint density at radius 2 is 2.40 bits per heavy atom. The molecule has 2 heterocycles. The SMILES string of the molecule is CCC(N)c1nc(-c2cccnc2)no1. The van der Waals surface area contributed by atoms with Crippen LogP contribution in [-0.2, 0) is 0 Å². The fourth-order valence-electron chi connectivity index (χ4n) is 1.17. The van der Waals surface area contributed by atoms with Gasteiger partial charge in [0.1, 0.15) is 0 Å². The molecule has 5 heteroatoms. The summed E-state index contributed by atoms with van der Waals surface area (Å²) in [5.74, 6) is 0.998. The van der Waals surface area contributed by atoms with E-state index in [0.29, 0.717) is 11.7 Å². The molecular formula is C10H12N4O. The minimum Gasteiger partial charge on any atom is -0.337 e. The van der Waals surface area contributed by atoms with Gasteiger partial charge in [-0.2, -0.15) is 4.98 Å². The number of hydrogen-bond acceptors (Lipinski definition) is 5. The maximum Gasteiger partial charge on any atom is 0.243 e.